The topological polar surface area (TPSA) is 61.8 Å². The second kappa shape index (κ2) is 16.3. The van der Waals surface area contributed by atoms with Gasteiger partial charge in [-0.2, -0.15) is 0 Å². The van der Waals surface area contributed by atoms with Gasteiger partial charge >= 0.3 is 0 Å². The minimum Gasteiger partial charge on any atom is -0.488 e. The van der Waals surface area contributed by atoms with Crippen LogP contribution in [0, 0.1) is 10.8 Å². The molecule has 0 aliphatic heterocycles. The van der Waals surface area contributed by atoms with E-state index < -0.39 is 16.4 Å². The summed E-state index contributed by atoms with van der Waals surface area (Å²) in [5.74, 6) is 3.02. The maximum atomic E-state index is 14.3. The van der Waals surface area contributed by atoms with Gasteiger partial charge in [-0.05, 0) is 144 Å². The van der Waals surface area contributed by atoms with Crippen molar-refractivity contribution in [1.82, 2.24) is 0 Å². The quantitative estimate of drug-likeness (QED) is 0.0959. The highest BCUT2D eigenvalue weighted by Crippen LogP contribution is 2.44. The molecule has 4 aromatic carbocycles. The van der Waals surface area contributed by atoms with Crippen molar-refractivity contribution in [3.63, 3.8) is 0 Å². The normalized spacial score (nSPS) is 15.4. The van der Waals surface area contributed by atoms with Crippen molar-refractivity contribution in [2.24, 2.45) is 10.8 Å². The molecular weight excluding hydrogens is 657 g/mol. The summed E-state index contributed by atoms with van der Waals surface area (Å²) in [5.41, 5.74) is 1.34. The van der Waals surface area contributed by atoms with Crippen LogP contribution in [0.15, 0.2) is 97.1 Å². The number of rotatable bonds is 18. The van der Waals surface area contributed by atoms with Gasteiger partial charge in [-0.1, -0.05) is 79.7 Å². The minimum absolute atomic E-state index is 0.0298. The molecule has 53 heavy (non-hydrogen) atoms. The zero-order chi connectivity index (χ0) is 39.2. The van der Waals surface area contributed by atoms with Crippen molar-refractivity contribution < 1.29 is 23.8 Å². The van der Waals surface area contributed by atoms with Crippen molar-refractivity contribution in [2.45, 2.75) is 132 Å². The zero-order valence-corrected chi connectivity index (χ0v) is 34.3. The zero-order valence-electron chi connectivity index (χ0n) is 34.3. The number of carbonyl (C=O) groups is 2. The third kappa shape index (κ3) is 8.88. The second-order valence-corrected chi connectivity index (χ2v) is 16.4. The van der Waals surface area contributed by atoms with Crippen LogP contribution in [0.4, 0.5) is 0 Å². The van der Waals surface area contributed by atoms with Crippen molar-refractivity contribution in [2.75, 3.05) is 0 Å². The third-order valence-electron chi connectivity index (χ3n) is 12.3. The van der Waals surface area contributed by atoms with Gasteiger partial charge in [0.1, 0.15) is 34.2 Å². The van der Waals surface area contributed by atoms with Crippen molar-refractivity contribution >= 4 is 11.6 Å². The maximum Gasteiger partial charge on any atom is 0.172 e. The summed E-state index contributed by atoms with van der Waals surface area (Å²) in [5, 5.41) is 0. The van der Waals surface area contributed by atoms with Gasteiger partial charge in [0, 0.05) is 22.0 Å². The van der Waals surface area contributed by atoms with Gasteiger partial charge in [-0.25, -0.2) is 0 Å². The van der Waals surface area contributed by atoms with Crippen molar-refractivity contribution in [3.8, 4) is 23.0 Å². The summed E-state index contributed by atoms with van der Waals surface area (Å²) in [6.07, 6.45) is 3.89. The van der Waals surface area contributed by atoms with Gasteiger partial charge in [0.15, 0.2) is 11.6 Å². The predicted molar refractivity (Wildman–Crippen MR) is 218 cm³/mol. The van der Waals surface area contributed by atoms with Crippen molar-refractivity contribution in [3.05, 3.63) is 119 Å². The van der Waals surface area contributed by atoms with E-state index in [-0.39, 0.29) is 22.6 Å². The van der Waals surface area contributed by atoms with E-state index in [4.69, 9.17) is 14.2 Å². The van der Waals surface area contributed by atoms with E-state index in [0.29, 0.717) is 35.5 Å². The SMILES string of the molecule is CCC(C)(C)Oc1ccc(C(C)(CC)c2ccc(OC(C)(CC)C(C)(CC)C(=O)c3ccc(Oc4ccc(C(=O)C(C)(C)CC)cc4)cc3)cc2)cc1. The molecule has 5 heteroatoms. The lowest BCUT2D eigenvalue weighted by molar-refractivity contribution is -0.0275. The van der Waals surface area contributed by atoms with Gasteiger partial charge < -0.3 is 14.2 Å². The van der Waals surface area contributed by atoms with Crippen LogP contribution in [0.3, 0.4) is 0 Å². The first kappa shape index (κ1) is 41.4. The molecule has 0 N–H and O–H groups in total. The Morgan fingerprint density at radius 3 is 1.25 bits per heavy atom. The number of Topliss-reactive ketones (excluding diaryl/α,β-unsaturated/α-hetero) is 2. The average molecular weight is 719 g/mol. The molecule has 4 rings (SSSR count). The Morgan fingerprint density at radius 1 is 0.453 bits per heavy atom. The largest absolute Gasteiger partial charge is 0.488 e. The van der Waals surface area contributed by atoms with Crippen LogP contribution >= 0.6 is 0 Å². The number of ketones is 2. The number of ether oxygens (including phenoxy) is 3. The molecule has 0 saturated heterocycles. The molecule has 4 aromatic rings. The van der Waals surface area contributed by atoms with Crippen LogP contribution in [0.25, 0.3) is 0 Å². The van der Waals surface area contributed by atoms with E-state index in [1.54, 1.807) is 0 Å². The Hall–Kier alpha value is -4.38. The molecule has 5 nitrogen and oxygen atoms in total. The fourth-order valence-electron chi connectivity index (χ4n) is 6.71. The highest BCUT2D eigenvalue weighted by atomic mass is 16.5. The molecular formula is C48H62O5. The summed E-state index contributed by atoms with van der Waals surface area (Å²) in [4.78, 5) is 27.1. The molecule has 3 atom stereocenters. The fraction of sp³-hybridized carbons (Fsp3) is 0.458. The summed E-state index contributed by atoms with van der Waals surface area (Å²) < 4.78 is 19.1. The number of hydrogen-bond acceptors (Lipinski definition) is 5. The Bertz CT molecular complexity index is 1820. The summed E-state index contributed by atoms with van der Waals surface area (Å²) in [7, 11) is 0. The molecule has 284 valence electrons. The third-order valence-corrected chi connectivity index (χ3v) is 12.3. The first-order chi connectivity index (χ1) is 24.9. The first-order valence-corrected chi connectivity index (χ1v) is 19.5. The molecule has 0 aromatic heterocycles. The lowest BCUT2D eigenvalue weighted by Gasteiger charge is -2.44. The van der Waals surface area contributed by atoms with E-state index in [2.05, 4.69) is 91.8 Å². The highest BCUT2D eigenvalue weighted by molar-refractivity contribution is 6.01. The molecule has 3 unspecified atom stereocenters. The van der Waals surface area contributed by atoms with E-state index in [1.807, 2.05) is 88.4 Å². The van der Waals surface area contributed by atoms with Gasteiger partial charge in [0.2, 0.25) is 0 Å². The number of carbonyl (C=O) groups excluding carboxylic acids is 2. The standard InChI is InChI=1S/C48H62O5/c1-13-44(6,7)42(49)34-18-26-38(27-19-34)51-39-28-20-35(21-29-39)43(50)47(11,16-4)48(12,17-5)53-41-32-24-37(25-33-41)46(10,15-3)36-22-30-40(31-23-36)52-45(8,9)14-2/h18-33H,13-17H2,1-12H3. The van der Waals surface area contributed by atoms with E-state index in [0.717, 1.165) is 30.8 Å². The number of benzene rings is 4. The molecule has 0 spiro atoms. The molecule has 0 heterocycles. The lowest BCUT2D eigenvalue weighted by atomic mass is 9.66. The Morgan fingerprint density at radius 2 is 0.868 bits per heavy atom. The van der Waals surface area contributed by atoms with E-state index in [1.165, 1.54) is 11.1 Å². The molecule has 0 aliphatic rings. The maximum absolute atomic E-state index is 14.3. The lowest BCUT2D eigenvalue weighted by Crippen LogP contribution is -2.52. The monoisotopic (exact) mass is 718 g/mol. The molecule has 0 saturated carbocycles. The molecule has 0 fully saturated rings. The molecule has 0 radical (unpaired) electrons. The van der Waals surface area contributed by atoms with Gasteiger partial charge in [-0.15, -0.1) is 0 Å². The van der Waals surface area contributed by atoms with Crippen LogP contribution in [0.5, 0.6) is 23.0 Å². The van der Waals surface area contributed by atoms with Crippen LogP contribution < -0.4 is 14.2 Å². The van der Waals surface area contributed by atoms with Crippen molar-refractivity contribution in [1.29, 1.82) is 0 Å². The molecule has 0 aliphatic carbocycles. The van der Waals surface area contributed by atoms with Crippen LogP contribution in [-0.4, -0.2) is 22.8 Å². The van der Waals surface area contributed by atoms with Gasteiger partial charge in [0.25, 0.3) is 0 Å². The second-order valence-electron chi connectivity index (χ2n) is 16.4. The van der Waals surface area contributed by atoms with Crippen LogP contribution in [0.2, 0.25) is 0 Å². The van der Waals surface area contributed by atoms with E-state index >= 15 is 0 Å². The van der Waals surface area contributed by atoms with Gasteiger partial charge in [-0.3, -0.25) is 9.59 Å². The van der Waals surface area contributed by atoms with Crippen LogP contribution in [0.1, 0.15) is 147 Å². The summed E-state index contributed by atoms with van der Waals surface area (Å²) in [6, 6.07) is 31.4. The predicted octanol–water partition coefficient (Wildman–Crippen LogP) is 13.2. The Labute approximate surface area is 319 Å². The average Bonchev–Trinajstić information content (AvgIpc) is 3.17. The highest BCUT2D eigenvalue weighted by Gasteiger charge is 2.50. The molecule has 0 amide bonds. The smallest absolute Gasteiger partial charge is 0.172 e. The summed E-state index contributed by atoms with van der Waals surface area (Å²) >= 11 is 0. The first-order valence-electron chi connectivity index (χ1n) is 19.5. The van der Waals surface area contributed by atoms with Gasteiger partial charge in [0.05, 0.1) is 5.41 Å². The Balaban J connectivity index is 1.49. The fourth-order valence-corrected chi connectivity index (χ4v) is 6.71. The Kier molecular flexibility index (Phi) is 12.7. The van der Waals surface area contributed by atoms with E-state index in [9.17, 15) is 9.59 Å². The number of hydrogen-bond donors (Lipinski definition) is 0. The van der Waals surface area contributed by atoms with Crippen LogP contribution in [-0.2, 0) is 5.41 Å². The minimum atomic E-state index is -0.800. The molecule has 0 bridgehead atoms. The summed E-state index contributed by atoms with van der Waals surface area (Å²) in [6.45, 7) is 25.0.